The van der Waals surface area contributed by atoms with Gasteiger partial charge < -0.3 is 10.5 Å². The topological polar surface area (TPSA) is 51.4 Å². The van der Waals surface area contributed by atoms with Crippen molar-refractivity contribution in [3.63, 3.8) is 0 Å². The summed E-state index contributed by atoms with van der Waals surface area (Å²) in [5.41, 5.74) is 6.67. The number of hydrogen-bond donors (Lipinski definition) is 1. The fourth-order valence-electron chi connectivity index (χ4n) is 2.08. The Morgan fingerprint density at radius 3 is 2.50 bits per heavy atom. The van der Waals surface area contributed by atoms with E-state index in [-0.39, 0.29) is 0 Å². The highest BCUT2D eigenvalue weighted by Gasteiger charge is 2.13. The molecule has 0 unspecified atom stereocenters. The molecule has 1 aromatic heterocycles. The van der Waals surface area contributed by atoms with E-state index in [0.29, 0.717) is 25.2 Å². The number of aromatic nitrogens is 1. The van der Waals surface area contributed by atoms with E-state index >= 15 is 0 Å². The number of ether oxygens (including phenoxy) is 1. The molecule has 0 bridgehead atoms. The lowest BCUT2D eigenvalue weighted by atomic mass is 10.2. The molecular weight excluding hydrogens is 226 g/mol. The van der Waals surface area contributed by atoms with Gasteiger partial charge in [0.1, 0.15) is 12.4 Å². The SMILES string of the molecule is CC(C)N(CCOc1cnccc1CN)C(C)C. The molecule has 102 valence electrons. The first-order valence-corrected chi connectivity index (χ1v) is 6.57. The number of hydrogen-bond acceptors (Lipinski definition) is 4. The molecule has 0 saturated carbocycles. The minimum Gasteiger partial charge on any atom is -0.490 e. The molecule has 0 fully saturated rings. The van der Waals surface area contributed by atoms with Crippen LogP contribution in [0.3, 0.4) is 0 Å². The zero-order valence-corrected chi connectivity index (χ0v) is 11.9. The van der Waals surface area contributed by atoms with Crippen LogP contribution in [-0.4, -0.2) is 35.1 Å². The van der Waals surface area contributed by atoms with E-state index < -0.39 is 0 Å². The third kappa shape index (κ3) is 4.27. The highest BCUT2D eigenvalue weighted by molar-refractivity contribution is 5.29. The van der Waals surface area contributed by atoms with Crippen molar-refractivity contribution in [3.8, 4) is 5.75 Å². The quantitative estimate of drug-likeness (QED) is 0.805. The Labute approximate surface area is 110 Å². The molecule has 0 aromatic carbocycles. The van der Waals surface area contributed by atoms with Gasteiger partial charge in [0.05, 0.1) is 6.20 Å². The third-order valence-corrected chi connectivity index (χ3v) is 3.02. The Morgan fingerprint density at radius 1 is 1.28 bits per heavy atom. The van der Waals surface area contributed by atoms with Gasteiger partial charge >= 0.3 is 0 Å². The monoisotopic (exact) mass is 251 g/mol. The zero-order chi connectivity index (χ0) is 13.5. The van der Waals surface area contributed by atoms with E-state index in [1.54, 1.807) is 12.4 Å². The maximum atomic E-state index is 5.77. The lowest BCUT2D eigenvalue weighted by Gasteiger charge is -2.30. The van der Waals surface area contributed by atoms with Crippen molar-refractivity contribution < 1.29 is 4.74 Å². The third-order valence-electron chi connectivity index (χ3n) is 3.02. The minimum absolute atomic E-state index is 0.482. The predicted molar refractivity (Wildman–Crippen MR) is 74.6 cm³/mol. The van der Waals surface area contributed by atoms with Crippen molar-refractivity contribution in [1.82, 2.24) is 9.88 Å². The van der Waals surface area contributed by atoms with E-state index in [2.05, 4.69) is 37.6 Å². The zero-order valence-electron chi connectivity index (χ0n) is 11.9. The first-order chi connectivity index (χ1) is 8.56. The van der Waals surface area contributed by atoms with Crippen LogP contribution in [-0.2, 0) is 6.54 Å². The molecule has 1 rings (SSSR count). The standard InChI is InChI=1S/C14H25N3O/c1-11(2)17(12(3)4)7-8-18-14-10-16-6-5-13(14)9-15/h5-6,10-12H,7-9,15H2,1-4H3. The molecule has 1 heterocycles. The summed E-state index contributed by atoms with van der Waals surface area (Å²) in [5, 5.41) is 0. The lowest BCUT2D eigenvalue weighted by Crippen LogP contribution is -2.39. The Morgan fingerprint density at radius 2 is 1.94 bits per heavy atom. The summed E-state index contributed by atoms with van der Waals surface area (Å²) >= 11 is 0. The summed E-state index contributed by atoms with van der Waals surface area (Å²) in [5.74, 6) is 0.799. The summed E-state index contributed by atoms with van der Waals surface area (Å²) in [4.78, 5) is 6.47. The fraction of sp³-hybridized carbons (Fsp3) is 0.643. The second kappa shape index (κ2) is 7.34. The Balaban J connectivity index is 2.50. The average Bonchev–Trinajstić information content (AvgIpc) is 2.34. The van der Waals surface area contributed by atoms with Crippen LogP contribution >= 0.6 is 0 Å². The van der Waals surface area contributed by atoms with Gasteiger partial charge in [-0.1, -0.05) is 0 Å². The summed E-state index contributed by atoms with van der Waals surface area (Å²) in [6, 6.07) is 2.95. The predicted octanol–water partition coefficient (Wildman–Crippen LogP) is 2.04. The molecule has 0 aliphatic heterocycles. The van der Waals surface area contributed by atoms with Crippen LogP contribution in [0.5, 0.6) is 5.75 Å². The van der Waals surface area contributed by atoms with Crippen molar-refractivity contribution in [3.05, 3.63) is 24.0 Å². The van der Waals surface area contributed by atoms with E-state index in [0.717, 1.165) is 17.9 Å². The fourth-order valence-corrected chi connectivity index (χ4v) is 2.08. The van der Waals surface area contributed by atoms with Crippen molar-refractivity contribution in [2.45, 2.75) is 46.3 Å². The number of nitrogens with two attached hydrogens (primary N) is 1. The Kier molecular flexibility index (Phi) is 6.09. The van der Waals surface area contributed by atoms with Crippen LogP contribution in [0.2, 0.25) is 0 Å². The first-order valence-electron chi connectivity index (χ1n) is 6.57. The van der Waals surface area contributed by atoms with Crippen molar-refractivity contribution in [1.29, 1.82) is 0 Å². The maximum Gasteiger partial charge on any atom is 0.142 e. The summed E-state index contributed by atoms with van der Waals surface area (Å²) in [6.07, 6.45) is 3.47. The van der Waals surface area contributed by atoms with E-state index in [4.69, 9.17) is 10.5 Å². The van der Waals surface area contributed by atoms with Crippen LogP contribution in [0.25, 0.3) is 0 Å². The van der Waals surface area contributed by atoms with Gasteiger partial charge in [-0.25, -0.2) is 0 Å². The highest BCUT2D eigenvalue weighted by atomic mass is 16.5. The molecule has 1 aromatic rings. The van der Waals surface area contributed by atoms with E-state index in [1.807, 2.05) is 6.07 Å². The van der Waals surface area contributed by atoms with Gasteiger partial charge in [-0.05, 0) is 33.8 Å². The smallest absolute Gasteiger partial charge is 0.142 e. The van der Waals surface area contributed by atoms with Gasteiger partial charge in [-0.15, -0.1) is 0 Å². The van der Waals surface area contributed by atoms with Crippen molar-refractivity contribution >= 4 is 0 Å². The molecule has 0 spiro atoms. The van der Waals surface area contributed by atoms with Gasteiger partial charge in [0.2, 0.25) is 0 Å². The molecular formula is C14H25N3O. The number of rotatable bonds is 7. The summed E-state index contributed by atoms with van der Waals surface area (Å²) < 4.78 is 5.77. The molecule has 4 nitrogen and oxygen atoms in total. The van der Waals surface area contributed by atoms with Gasteiger partial charge in [-0.3, -0.25) is 9.88 Å². The van der Waals surface area contributed by atoms with Crippen LogP contribution in [0.4, 0.5) is 0 Å². The van der Waals surface area contributed by atoms with E-state index in [9.17, 15) is 0 Å². The molecule has 0 aliphatic rings. The van der Waals surface area contributed by atoms with Gasteiger partial charge in [-0.2, -0.15) is 0 Å². The van der Waals surface area contributed by atoms with Crippen LogP contribution in [0.15, 0.2) is 18.5 Å². The minimum atomic E-state index is 0.482. The summed E-state index contributed by atoms with van der Waals surface area (Å²) in [7, 11) is 0. The molecule has 2 N–H and O–H groups in total. The summed E-state index contributed by atoms with van der Waals surface area (Å²) in [6.45, 7) is 10.9. The molecule has 4 heteroatoms. The maximum absolute atomic E-state index is 5.77. The van der Waals surface area contributed by atoms with Crippen LogP contribution in [0.1, 0.15) is 33.3 Å². The van der Waals surface area contributed by atoms with Gasteiger partial charge in [0, 0.05) is 36.9 Å². The molecule has 0 amide bonds. The largest absolute Gasteiger partial charge is 0.490 e. The Hall–Kier alpha value is -1.13. The number of pyridine rings is 1. The molecule has 0 atom stereocenters. The van der Waals surface area contributed by atoms with Crippen LogP contribution < -0.4 is 10.5 Å². The molecule has 0 saturated heterocycles. The van der Waals surface area contributed by atoms with Gasteiger partial charge in [0.25, 0.3) is 0 Å². The normalized spacial score (nSPS) is 11.6. The van der Waals surface area contributed by atoms with E-state index in [1.165, 1.54) is 0 Å². The van der Waals surface area contributed by atoms with Crippen LogP contribution in [0, 0.1) is 0 Å². The van der Waals surface area contributed by atoms with Crippen molar-refractivity contribution in [2.75, 3.05) is 13.2 Å². The Bertz CT molecular complexity index is 345. The number of nitrogens with zero attached hydrogens (tertiary/aromatic N) is 2. The molecule has 18 heavy (non-hydrogen) atoms. The molecule has 0 aliphatic carbocycles. The lowest BCUT2D eigenvalue weighted by molar-refractivity contribution is 0.141. The highest BCUT2D eigenvalue weighted by Crippen LogP contribution is 2.15. The average molecular weight is 251 g/mol. The first kappa shape index (κ1) is 14.9. The second-order valence-corrected chi connectivity index (χ2v) is 4.96. The second-order valence-electron chi connectivity index (χ2n) is 4.96. The van der Waals surface area contributed by atoms with Crippen molar-refractivity contribution in [2.24, 2.45) is 5.73 Å². The molecule has 0 radical (unpaired) electrons. The van der Waals surface area contributed by atoms with Gasteiger partial charge in [0.15, 0.2) is 0 Å².